The lowest BCUT2D eigenvalue weighted by molar-refractivity contribution is 0.0696. The molecule has 5 heteroatoms. The van der Waals surface area contributed by atoms with Crippen LogP contribution in [0.3, 0.4) is 0 Å². The number of aromatic carboxylic acids is 1. The van der Waals surface area contributed by atoms with Crippen LogP contribution in [0.1, 0.15) is 47.2 Å². The van der Waals surface area contributed by atoms with E-state index in [4.69, 9.17) is 14.6 Å². The molecule has 0 amide bonds. The van der Waals surface area contributed by atoms with E-state index in [0.29, 0.717) is 18.7 Å². The van der Waals surface area contributed by atoms with Gasteiger partial charge in [0.1, 0.15) is 0 Å². The minimum absolute atomic E-state index is 0.283. The molecular formula is C21H25NO4. The summed E-state index contributed by atoms with van der Waals surface area (Å²) in [5, 5.41) is 12.4. The van der Waals surface area contributed by atoms with Gasteiger partial charge in [-0.05, 0) is 61.1 Å². The van der Waals surface area contributed by atoms with Crippen LogP contribution >= 0.6 is 0 Å². The third-order valence-electron chi connectivity index (χ3n) is 4.66. The first kappa shape index (κ1) is 18.3. The molecular weight excluding hydrogens is 330 g/mol. The lowest BCUT2D eigenvalue weighted by atomic mass is 10.1. The molecule has 0 aliphatic heterocycles. The highest BCUT2D eigenvalue weighted by molar-refractivity contribution is 5.87. The molecule has 2 aromatic carbocycles. The molecule has 1 aliphatic carbocycles. The second-order valence-corrected chi connectivity index (χ2v) is 6.62. The SMILES string of the molecule is COc1ccc(CNCc2cccc(C(=O)O)c2)cc1OC1CCCC1. The summed E-state index contributed by atoms with van der Waals surface area (Å²) in [4.78, 5) is 11.0. The topological polar surface area (TPSA) is 67.8 Å². The Morgan fingerprint density at radius 3 is 2.50 bits per heavy atom. The van der Waals surface area contributed by atoms with Crippen molar-refractivity contribution < 1.29 is 19.4 Å². The molecule has 5 nitrogen and oxygen atoms in total. The zero-order chi connectivity index (χ0) is 18.4. The molecule has 138 valence electrons. The maximum Gasteiger partial charge on any atom is 0.335 e. The number of hydrogen-bond acceptors (Lipinski definition) is 4. The number of carboxylic acid groups (broad SMARTS) is 1. The highest BCUT2D eigenvalue weighted by atomic mass is 16.5. The lowest BCUT2D eigenvalue weighted by Crippen LogP contribution is -2.14. The van der Waals surface area contributed by atoms with Crippen molar-refractivity contribution in [2.75, 3.05) is 7.11 Å². The van der Waals surface area contributed by atoms with Crippen molar-refractivity contribution in [1.29, 1.82) is 0 Å². The normalized spacial score (nSPS) is 14.3. The van der Waals surface area contributed by atoms with Crippen molar-refractivity contribution in [2.45, 2.75) is 44.9 Å². The zero-order valence-electron chi connectivity index (χ0n) is 15.0. The third kappa shape index (κ3) is 4.76. The molecule has 0 radical (unpaired) electrons. The number of rotatable bonds is 8. The number of benzene rings is 2. The van der Waals surface area contributed by atoms with Crippen molar-refractivity contribution in [2.24, 2.45) is 0 Å². The number of methoxy groups -OCH3 is 1. The van der Waals surface area contributed by atoms with Gasteiger partial charge >= 0.3 is 5.97 Å². The fourth-order valence-electron chi connectivity index (χ4n) is 3.27. The van der Waals surface area contributed by atoms with E-state index in [1.54, 1.807) is 25.3 Å². The van der Waals surface area contributed by atoms with Crippen molar-refractivity contribution in [3.05, 3.63) is 59.2 Å². The summed E-state index contributed by atoms with van der Waals surface area (Å²) in [6.07, 6.45) is 4.94. The fourth-order valence-corrected chi connectivity index (χ4v) is 3.27. The minimum Gasteiger partial charge on any atom is -0.493 e. The maximum absolute atomic E-state index is 11.0. The summed E-state index contributed by atoms with van der Waals surface area (Å²) in [6, 6.07) is 13.0. The maximum atomic E-state index is 11.0. The monoisotopic (exact) mass is 355 g/mol. The smallest absolute Gasteiger partial charge is 0.335 e. The number of hydrogen-bond donors (Lipinski definition) is 2. The van der Waals surface area contributed by atoms with Crippen molar-refractivity contribution in [3.63, 3.8) is 0 Å². The van der Waals surface area contributed by atoms with E-state index < -0.39 is 5.97 Å². The van der Waals surface area contributed by atoms with E-state index >= 15 is 0 Å². The quantitative estimate of drug-likeness (QED) is 0.749. The largest absolute Gasteiger partial charge is 0.493 e. The first-order valence-corrected chi connectivity index (χ1v) is 9.02. The van der Waals surface area contributed by atoms with Crippen LogP contribution in [0.25, 0.3) is 0 Å². The van der Waals surface area contributed by atoms with Gasteiger partial charge in [0.05, 0.1) is 18.8 Å². The predicted octanol–water partition coefficient (Wildman–Crippen LogP) is 4.00. The standard InChI is InChI=1S/C21H25NO4/c1-25-19-10-9-16(12-20(19)26-18-7-2-3-8-18)14-22-13-15-5-4-6-17(11-15)21(23)24/h4-6,9-12,18,22H,2-3,7-8,13-14H2,1H3,(H,23,24). The highest BCUT2D eigenvalue weighted by Gasteiger charge is 2.18. The van der Waals surface area contributed by atoms with Crippen LogP contribution in [0.5, 0.6) is 11.5 Å². The Morgan fingerprint density at radius 2 is 1.81 bits per heavy atom. The van der Waals surface area contributed by atoms with E-state index in [2.05, 4.69) is 5.32 Å². The molecule has 0 heterocycles. The van der Waals surface area contributed by atoms with Gasteiger partial charge in [-0.2, -0.15) is 0 Å². The second-order valence-electron chi connectivity index (χ2n) is 6.62. The number of carbonyl (C=O) groups is 1. The van der Waals surface area contributed by atoms with Gasteiger partial charge in [0.25, 0.3) is 0 Å². The predicted molar refractivity (Wildman–Crippen MR) is 99.8 cm³/mol. The van der Waals surface area contributed by atoms with E-state index in [1.807, 2.05) is 24.3 Å². The molecule has 1 saturated carbocycles. The molecule has 0 unspecified atom stereocenters. The van der Waals surface area contributed by atoms with Gasteiger partial charge in [-0.1, -0.05) is 18.2 Å². The average molecular weight is 355 g/mol. The minimum atomic E-state index is -0.907. The molecule has 0 atom stereocenters. The van der Waals surface area contributed by atoms with Crippen LogP contribution in [-0.4, -0.2) is 24.3 Å². The van der Waals surface area contributed by atoms with Gasteiger partial charge in [-0.25, -0.2) is 4.79 Å². The van der Waals surface area contributed by atoms with Crippen molar-refractivity contribution >= 4 is 5.97 Å². The summed E-state index contributed by atoms with van der Waals surface area (Å²) in [5.74, 6) is 0.650. The number of ether oxygens (including phenoxy) is 2. The number of carboxylic acids is 1. The van der Waals surface area contributed by atoms with Gasteiger partial charge in [-0.3, -0.25) is 0 Å². The van der Waals surface area contributed by atoms with E-state index in [-0.39, 0.29) is 6.10 Å². The van der Waals surface area contributed by atoms with E-state index in [1.165, 1.54) is 12.8 Å². The van der Waals surface area contributed by atoms with Crippen molar-refractivity contribution in [1.82, 2.24) is 5.32 Å². The Labute approximate surface area is 153 Å². The number of nitrogens with one attached hydrogen (secondary N) is 1. The van der Waals surface area contributed by atoms with Crippen LogP contribution in [0.2, 0.25) is 0 Å². The van der Waals surface area contributed by atoms with Gasteiger partial charge in [-0.15, -0.1) is 0 Å². The van der Waals surface area contributed by atoms with Crippen LogP contribution in [0.15, 0.2) is 42.5 Å². The average Bonchev–Trinajstić information content (AvgIpc) is 3.15. The molecule has 1 fully saturated rings. The molecule has 26 heavy (non-hydrogen) atoms. The van der Waals surface area contributed by atoms with Gasteiger partial charge in [0, 0.05) is 13.1 Å². The first-order chi connectivity index (χ1) is 12.7. The summed E-state index contributed by atoms with van der Waals surface area (Å²) in [5.41, 5.74) is 2.36. The van der Waals surface area contributed by atoms with Crippen LogP contribution in [0, 0.1) is 0 Å². The fraction of sp³-hybridized carbons (Fsp3) is 0.381. The second kappa shape index (κ2) is 8.72. The Kier molecular flexibility index (Phi) is 6.12. The molecule has 0 aromatic heterocycles. The summed E-state index contributed by atoms with van der Waals surface area (Å²) >= 11 is 0. The Hall–Kier alpha value is -2.53. The molecule has 0 spiro atoms. The van der Waals surface area contributed by atoms with Crippen LogP contribution in [-0.2, 0) is 13.1 Å². The molecule has 2 aromatic rings. The third-order valence-corrected chi connectivity index (χ3v) is 4.66. The van der Waals surface area contributed by atoms with Gasteiger partial charge in [0.15, 0.2) is 11.5 Å². The Morgan fingerprint density at radius 1 is 1.08 bits per heavy atom. The lowest BCUT2D eigenvalue weighted by Gasteiger charge is -2.17. The first-order valence-electron chi connectivity index (χ1n) is 9.02. The summed E-state index contributed by atoms with van der Waals surface area (Å²) in [7, 11) is 1.66. The molecule has 0 bridgehead atoms. The van der Waals surface area contributed by atoms with Crippen molar-refractivity contribution in [3.8, 4) is 11.5 Å². The Balaban J connectivity index is 1.60. The zero-order valence-corrected chi connectivity index (χ0v) is 15.0. The summed E-state index contributed by atoms with van der Waals surface area (Å²) < 4.78 is 11.5. The molecule has 3 rings (SSSR count). The van der Waals surface area contributed by atoms with E-state index in [0.717, 1.165) is 35.5 Å². The molecule has 0 saturated heterocycles. The molecule has 1 aliphatic rings. The van der Waals surface area contributed by atoms with Crippen LogP contribution < -0.4 is 14.8 Å². The molecule has 2 N–H and O–H groups in total. The summed E-state index contributed by atoms with van der Waals surface area (Å²) in [6.45, 7) is 1.27. The van der Waals surface area contributed by atoms with Crippen LogP contribution in [0.4, 0.5) is 0 Å². The van der Waals surface area contributed by atoms with Gasteiger partial charge in [0.2, 0.25) is 0 Å². The Bertz CT molecular complexity index is 753. The highest BCUT2D eigenvalue weighted by Crippen LogP contribution is 2.32. The van der Waals surface area contributed by atoms with E-state index in [9.17, 15) is 4.79 Å². The van der Waals surface area contributed by atoms with Gasteiger partial charge < -0.3 is 19.9 Å².